The highest BCUT2D eigenvalue weighted by molar-refractivity contribution is 5.85. The molecule has 0 aromatic heterocycles. The van der Waals surface area contributed by atoms with E-state index in [2.05, 4.69) is 17.4 Å². The Kier molecular flexibility index (Phi) is 2.87. The third-order valence-corrected chi connectivity index (χ3v) is 2.89. The Labute approximate surface area is 95.7 Å². The quantitative estimate of drug-likeness (QED) is 0.730. The van der Waals surface area contributed by atoms with Crippen LogP contribution in [-0.2, 0) is 0 Å². The lowest BCUT2D eigenvalue weighted by atomic mass is 9.94. The van der Waals surface area contributed by atoms with E-state index in [0.717, 1.165) is 12.3 Å². The van der Waals surface area contributed by atoms with E-state index in [0.29, 0.717) is 6.61 Å². The van der Waals surface area contributed by atoms with Crippen LogP contribution in [0.5, 0.6) is 5.75 Å². The topological polar surface area (TPSA) is 21.3 Å². The number of para-hydroxylation sites is 1. The first-order valence-corrected chi connectivity index (χ1v) is 5.13. The highest BCUT2D eigenvalue weighted by Gasteiger charge is 2.21. The maximum absolute atomic E-state index is 5.67. The van der Waals surface area contributed by atoms with Gasteiger partial charge < -0.3 is 10.1 Å². The molecular formula is C12H14ClNO. The van der Waals surface area contributed by atoms with Gasteiger partial charge in [0.05, 0.1) is 5.70 Å². The minimum Gasteiger partial charge on any atom is -0.487 e. The Morgan fingerprint density at radius 1 is 1.20 bits per heavy atom. The zero-order valence-corrected chi connectivity index (χ0v) is 9.27. The number of hydrogen-bond acceptors (Lipinski definition) is 2. The predicted octanol–water partition coefficient (Wildman–Crippen LogP) is 2.60. The molecule has 0 saturated carbocycles. The molecule has 3 heteroatoms. The van der Waals surface area contributed by atoms with E-state index in [9.17, 15) is 0 Å². The smallest absolute Gasteiger partial charge is 0.128 e. The molecule has 80 valence electrons. The minimum atomic E-state index is 0. The summed E-state index contributed by atoms with van der Waals surface area (Å²) >= 11 is 0. The molecule has 2 heterocycles. The number of halogens is 1. The van der Waals surface area contributed by atoms with E-state index in [1.54, 1.807) is 0 Å². The molecule has 0 aliphatic carbocycles. The lowest BCUT2D eigenvalue weighted by Gasteiger charge is -2.28. The molecule has 0 bridgehead atoms. The SMILES string of the molecule is Cl.c1ccc2c(c1)OCC1=C2CCCN1. The second-order valence-electron chi connectivity index (χ2n) is 3.77. The lowest BCUT2D eigenvalue weighted by molar-refractivity contribution is 0.331. The van der Waals surface area contributed by atoms with E-state index in [1.807, 2.05) is 12.1 Å². The second kappa shape index (κ2) is 4.15. The van der Waals surface area contributed by atoms with Gasteiger partial charge in [-0.15, -0.1) is 12.4 Å². The van der Waals surface area contributed by atoms with Crippen LogP contribution in [0.15, 0.2) is 30.0 Å². The summed E-state index contributed by atoms with van der Waals surface area (Å²) in [5.74, 6) is 1.04. The molecular weight excluding hydrogens is 210 g/mol. The van der Waals surface area contributed by atoms with E-state index in [4.69, 9.17) is 4.74 Å². The van der Waals surface area contributed by atoms with Crippen molar-refractivity contribution in [1.82, 2.24) is 5.32 Å². The normalized spacial score (nSPS) is 17.9. The van der Waals surface area contributed by atoms with Gasteiger partial charge in [0.15, 0.2) is 0 Å². The molecule has 1 N–H and O–H groups in total. The Hall–Kier alpha value is -1.15. The van der Waals surface area contributed by atoms with Crippen molar-refractivity contribution in [2.24, 2.45) is 0 Å². The van der Waals surface area contributed by atoms with Gasteiger partial charge in [-0.25, -0.2) is 0 Å². The van der Waals surface area contributed by atoms with Crippen LogP contribution in [0, 0.1) is 0 Å². The van der Waals surface area contributed by atoms with Crippen LogP contribution >= 0.6 is 12.4 Å². The summed E-state index contributed by atoms with van der Waals surface area (Å²) in [6, 6.07) is 8.30. The standard InChI is InChI=1S/C12H13NO.ClH/c1-2-6-12-10(4-1)9-5-3-7-13-11(9)8-14-12;/h1-2,4,6,13H,3,5,7-8H2;1H. The van der Waals surface area contributed by atoms with Gasteiger partial charge in [0.25, 0.3) is 0 Å². The maximum Gasteiger partial charge on any atom is 0.128 e. The molecule has 0 spiro atoms. The first-order chi connectivity index (χ1) is 6.95. The Balaban J connectivity index is 0.000000853. The fraction of sp³-hybridized carbons (Fsp3) is 0.333. The predicted molar refractivity (Wildman–Crippen MR) is 63.3 cm³/mol. The highest BCUT2D eigenvalue weighted by atomic mass is 35.5. The summed E-state index contributed by atoms with van der Waals surface area (Å²) in [6.07, 6.45) is 2.41. The van der Waals surface area contributed by atoms with Crippen LogP contribution in [0.2, 0.25) is 0 Å². The zero-order chi connectivity index (χ0) is 9.38. The van der Waals surface area contributed by atoms with Crippen LogP contribution in [0.1, 0.15) is 18.4 Å². The molecule has 1 aromatic carbocycles. The van der Waals surface area contributed by atoms with Crippen molar-refractivity contribution in [3.8, 4) is 5.75 Å². The van der Waals surface area contributed by atoms with Crippen LogP contribution in [0.25, 0.3) is 5.57 Å². The molecule has 0 saturated heterocycles. The van der Waals surface area contributed by atoms with Crippen LogP contribution < -0.4 is 10.1 Å². The number of fused-ring (bicyclic) bond motifs is 2. The van der Waals surface area contributed by atoms with Gasteiger partial charge in [-0.1, -0.05) is 18.2 Å². The van der Waals surface area contributed by atoms with Crippen molar-refractivity contribution in [3.63, 3.8) is 0 Å². The fourth-order valence-corrected chi connectivity index (χ4v) is 2.19. The van der Waals surface area contributed by atoms with Gasteiger partial charge in [-0.2, -0.15) is 0 Å². The van der Waals surface area contributed by atoms with Gasteiger partial charge in [0.2, 0.25) is 0 Å². The number of nitrogens with one attached hydrogen (secondary N) is 1. The molecule has 2 nitrogen and oxygen atoms in total. The number of benzene rings is 1. The van der Waals surface area contributed by atoms with Crippen molar-refractivity contribution in [2.45, 2.75) is 12.8 Å². The van der Waals surface area contributed by atoms with Gasteiger partial charge in [0, 0.05) is 12.1 Å². The Morgan fingerprint density at radius 3 is 3.00 bits per heavy atom. The molecule has 0 radical (unpaired) electrons. The van der Waals surface area contributed by atoms with Gasteiger partial charge in [0.1, 0.15) is 12.4 Å². The Morgan fingerprint density at radius 2 is 2.07 bits per heavy atom. The first kappa shape index (κ1) is 10.4. The lowest BCUT2D eigenvalue weighted by Crippen LogP contribution is -2.28. The summed E-state index contributed by atoms with van der Waals surface area (Å²) in [7, 11) is 0. The van der Waals surface area contributed by atoms with Crippen LogP contribution in [0.4, 0.5) is 0 Å². The number of rotatable bonds is 0. The van der Waals surface area contributed by atoms with Crippen molar-refractivity contribution >= 4 is 18.0 Å². The van der Waals surface area contributed by atoms with E-state index >= 15 is 0 Å². The Bertz CT molecular complexity index is 400. The van der Waals surface area contributed by atoms with Gasteiger partial charge in [-0.05, 0) is 24.5 Å². The summed E-state index contributed by atoms with van der Waals surface area (Å²) < 4.78 is 5.67. The van der Waals surface area contributed by atoms with Crippen LogP contribution in [0.3, 0.4) is 0 Å². The summed E-state index contributed by atoms with van der Waals surface area (Å²) in [6.45, 7) is 1.80. The first-order valence-electron chi connectivity index (χ1n) is 5.13. The van der Waals surface area contributed by atoms with Crippen molar-refractivity contribution in [3.05, 3.63) is 35.5 Å². The summed E-state index contributed by atoms with van der Waals surface area (Å²) in [5, 5.41) is 3.42. The molecule has 15 heavy (non-hydrogen) atoms. The number of ether oxygens (including phenoxy) is 1. The monoisotopic (exact) mass is 223 g/mol. The van der Waals surface area contributed by atoms with E-state index in [1.165, 1.54) is 29.7 Å². The molecule has 1 aromatic rings. The van der Waals surface area contributed by atoms with Crippen molar-refractivity contribution in [2.75, 3.05) is 13.2 Å². The molecule has 3 rings (SSSR count). The maximum atomic E-state index is 5.67. The largest absolute Gasteiger partial charge is 0.487 e. The average Bonchev–Trinajstić information content (AvgIpc) is 2.29. The van der Waals surface area contributed by atoms with E-state index < -0.39 is 0 Å². The van der Waals surface area contributed by atoms with Crippen molar-refractivity contribution in [1.29, 1.82) is 0 Å². The summed E-state index contributed by atoms with van der Waals surface area (Å²) in [4.78, 5) is 0. The third-order valence-electron chi connectivity index (χ3n) is 2.89. The number of allylic oxidation sites excluding steroid dienone is 1. The van der Waals surface area contributed by atoms with E-state index in [-0.39, 0.29) is 12.4 Å². The van der Waals surface area contributed by atoms with Gasteiger partial charge in [-0.3, -0.25) is 0 Å². The number of hydrogen-bond donors (Lipinski definition) is 1. The second-order valence-corrected chi connectivity index (χ2v) is 3.77. The zero-order valence-electron chi connectivity index (χ0n) is 8.45. The molecule has 2 aliphatic rings. The molecule has 0 fully saturated rings. The molecule has 0 amide bonds. The minimum absolute atomic E-state index is 0. The van der Waals surface area contributed by atoms with Crippen molar-refractivity contribution < 1.29 is 4.74 Å². The van der Waals surface area contributed by atoms with Crippen LogP contribution in [-0.4, -0.2) is 13.2 Å². The fourth-order valence-electron chi connectivity index (χ4n) is 2.19. The summed E-state index contributed by atoms with van der Waals surface area (Å²) in [5.41, 5.74) is 4.02. The average molecular weight is 224 g/mol. The molecule has 0 atom stereocenters. The highest BCUT2D eigenvalue weighted by Crippen LogP contribution is 2.35. The molecule has 2 aliphatic heterocycles. The molecule has 0 unspecified atom stereocenters. The third kappa shape index (κ3) is 1.70. The van der Waals surface area contributed by atoms with Gasteiger partial charge >= 0.3 is 0 Å².